The summed E-state index contributed by atoms with van der Waals surface area (Å²) in [6.07, 6.45) is 7.22. The molecule has 2 aromatic rings. The fraction of sp³-hybridized carbons (Fsp3) is 0.500. The molecule has 0 spiro atoms. The van der Waals surface area contributed by atoms with Crippen molar-refractivity contribution < 1.29 is 14.9 Å². The predicted molar refractivity (Wildman–Crippen MR) is 112 cm³/mol. The smallest absolute Gasteiger partial charge is 0.128 e. The van der Waals surface area contributed by atoms with Crippen molar-refractivity contribution in [3.8, 4) is 23.0 Å². The fourth-order valence-corrected chi connectivity index (χ4v) is 3.55. The minimum Gasteiger partial charge on any atom is -0.507 e. The summed E-state index contributed by atoms with van der Waals surface area (Å²) in [6.45, 7) is 8.45. The fourth-order valence-electron chi connectivity index (χ4n) is 3.55. The highest BCUT2D eigenvalue weighted by atomic mass is 16.5. The van der Waals surface area contributed by atoms with Crippen LogP contribution in [0, 0.1) is 0 Å². The van der Waals surface area contributed by atoms with Gasteiger partial charge >= 0.3 is 0 Å². The quantitative estimate of drug-likeness (QED) is 0.489. The van der Waals surface area contributed by atoms with Gasteiger partial charge in [0.05, 0.1) is 0 Å². The Morgan fingerprint density at radius 3 is 1.04 bits per heavy atom. The van der Waals surface area contributed by atoms with E-state index in [-0.39, 0.29) is 0 Å². The van der Waals surface area contributed by atoms with Crippen LogP contribution >= 0.6 is 0 Å². The Kier molecular flexibility index (Phi) is 8.02. The van der Waals surface area contributed by atoms with Crippen LogP contribution in [0.5, 0.6) is 23.0 Å². The SMILES string of the molecule is CCCc1cc(Oc2cc(CCC)c(O)c(CCC)c2)cc(CCC)c1O. The van der Waals surface area contributed by atoms with Crippen LogP contribution in [0.2, 0.25) is 0 Å². The van der Waals surface area contributed by atoms with Gasteiger partial charge in [0.1, 0.15) is 23.0 Å². The molecule has 2 aromatic carbocycles. The number of aromatic hydroxyl groups is 2. The van der Waals surface area contributed by atoms with Gasteiger partial charge in [-0.25, -0.2) is 0 Å². The standard InChI is InChI=1S/C24H34O3/c1-5-9-17-13-21(14-18(10-6-2)23(17)25)27-22-15-19(11-7-3)24(26)20(16-22)12-8-4/h13-16,25-26H,5-12H2,1-4H3. The van der Waals surface area contributed by atoms with Gasteiger partial charge in [0, 0.05) is 0 Å². The summed E-state index contributed by atoms with van der Waals surface area (Å²) >= 11 is 0. The highest BCUT2D eigenvalue weighted by Gasteiger charge is 2.13. The molecule has 0 bridgehead atoms. The summed E-state index contributed by atoms with van der Waals surface area (Å²) in [5, 5.41) is 21.0. The van der Waals surface area contributed by atoms with E-state index in [1.165, 1.54) is 0 Å². The van der Waals surface area contributed by atoms with Crippen LogP contribution in [0.25, 0.3) is 0 Å². The molecule has 27 heavy (non-hydrogen) atoms. The molecule has 2 N–H and O–H groups in total. The van der Waals surface area contributed by atoms with Crippen molar-refractivity contribution in [2.45, 2.75) is 79.1 Å². The third-order valence-electron chi connectivity index (χ3n) is 4.80. The number of rotatable bonds is 10. The van der Waals surface area contributed by atoms with Crippen LogP contribution in [0.4, 0.5) is 0 Å². The lowest BCUT2D eigenvalue weighted by Crippen LogP contribution is -1.97. The van der Waals surface area contributed by atoms with Gasteiger partial charge in [0.2, 0.25) is 0 Å². The normalized spacial score (nSPS) is 11.0. The van der Waals surface area contributed by atoms with Crippen molar-refractivity contribution in [1.82, 2.24) is 0 Å². The monoisotopic (exact) mass is 370 g/mol. The average molecular weight is 371 g/mol. The van der Waals surface area contributed by atoms with Gasteiger partial charge in [-0.2, -0.15) is 0 Å². The zero-order chi connectivity index (χ0) is 19.8. The van der Waals surface area contributed by atoms with Gasteiger partial charge in [-0.15, -0.1) is 0 Å². The second kappa shape index (κ2) is 10.2. The molecule has 0 fully saturated rings. The van der Waals surface area contributed by atoms with E-state index in [1.54, 1.807) is 0 Å². The molecule has 0 aliphatic heterocycles. The van der Waals surface area contributed by atoms with E-state index in [4.69, 9.17) is 4.74 Å². The van der Waals surface area contributed by atoms with Gasteiger partial charge in [-0.3, -0.25) is 0 Å². The summed E-state index contributed by atoms with van der Waals surface area (Å²) in [7, 11) is 0. The third-order valence-corrected chi connectivity index (χ3v) is 4.80. The molecule has 2 rings (SSSR count). The zero-order valence-corrected chi connectivity index (χ0v) is 17.3. The van der Waals surface area contributed by atoms with Crippen LogP contribution in [0.3, 0.4) is 0 Å². The van der Waals surface area contributed by atoms with E-state index in [1.807, 2.05) is 24.3 Å². The van der Waals surface area contributed by atoms with E-state index < -0.39 is 0 Å². The van der Waals surface area contributed by atoms with E-state index in [0.29, 0.717) is 11.5 Å². The molecule has 0 heterocycles. The molecule has 0 saturated heterocycles. The molecule has 0 saturated carbocycles. The molecule has 0 aliphatic rings. The average Bonchev–Trinajstić information content (AvgIpc) is 2.63. The zero-order valence-electron chi connectivity index (χ0n) is 17.3. The predicted octanol–water partition coefficient (Wildman–Crippen LogP) is 6.70. The number of aryl methyl sites for hydroxylation is 4. The Morgan fingerprint density at radius 1 is 0.556 bits per heavy atom. The van der Waals surface area contributed by atoms with Crippen molar-refractivity contribution in [2.75, 3.05) is 0 Å². The Morgan fingerprint density at radius 2 is 0.815 bits per heavy atom. The molecular formula is C24H34O3. The number of phenols is 2. The minimum atomic E-state index is 0.412. The third kappa shape index (κ3) is 5.41. The highest BCUT2D eigenvalue weighted by Crippen LogP contribution is 2.36. The van der Waals surface area contributed by atoms with Crippen LogP contribution < -0.4 is 4.74 Å². The van der Waals surface area contributed by atoms with Crippen molar-refractivity contribution >= 4 is 0 Å². The molecular weight excluding hydrogens is 336 g/mol. The summed E-state index contributed by atoms with van der Waals surface area (Å²) in [6, 6.07) is 7.79. The molecule has 0 amide bonds. The number of phenolic OH excluding ortho intramolecular Hbond substituents is 2. The lowest BCUT2D eigenvalue weighted by molar-refractivity contribution is 0.443. The first-order chi connectivity index (χ1) is 13.0. The summed E-state index contributed by atoms with van der Waals surface area (Å²) in [5.41, 5.74) is 3.78. The van der Waals surface area contributed by atoms with Crippen LogP contribution in [-0.4, -0.2) is 10.2 Å². The van der Waals surface area contributed by atoms with Crippen LogP contribution in [0.1, 0.15) is 75.6 Å². The molecule has 3 heteroatoms. The maximum atomic E-state index is 10.5. The number of ether oxygens (including phenoxy) is 1. The number of hydrogen-bond donors (Lipinski definition) is 2. The highest BCUT2D eigenvalue weighted by molar-refractivity contribution is 5.51. The molecule has 148 valence electrons. The Labute approximate surface area is 164 Å². The van der Waals surface area contributed by atoms with E-state index in [2.05, 4.69) is 27.7 Å². The topological polar surface area (TPSA) is 49.7 Å². The summed E-state index contributed by atoms with van der Waals surface area (Å²) in [5.74, 6) is 2.34. The summed E-state index contributed by atoms with van der Waals surface area (Å²) in [4.78, 5) is 0. The minimum absolute atomic E-state index is 0.412. The first-order valence-electron chi connectivity index (χ1n) is 10.4. The Bertz CT molecular complexity index is 632. The van der Waals surface area contributed by atoms with Crippen molar-refractivity contribution in [3.05, 3.63) is 46.5 Å². The van der Waals surface area contributed by atoms with Crippen LogP contribution in [0.15, 0.2) is 24.3 Å². The van der Waals surface area contributed by atoms with Gasteiger partial charge < -0.3 is 14.9 Å². The number of hydrogen-bond acceptors (Lipinski definition) is 3. The lowest BCUT2D eigenvalue weighted by atomic mass is 10.0. The first kappa shape index (κ1) is 21.1. The maximum Gasteiger partial charge on any atom is 0.128 e. The summed E-state index contributed by atoms with van der Waals surface area (Å²) < 4.78 is 6.21. The first-order valence-corrected chi connectivity index (χ1v) is 10.4. The Balaban J connectivity index is 2.42. The van der Waals surface area contributed by atoms with Crippen molar-refractivity contribution in [1.29, 1.82) is 0 Å². The van der Waals surface area contributed by atoms with Gasteiger partial charge in [0.25, 0.3) is 0 Å². The molecule has 0 atom stereocenters. The van der Waals surface area contributed by atoms with Gasteiger partial charge in [-0.1, -0.05) is 53.4 Å². The van der Waals surface area contributed by atoms with Gasteiger partial charge in [0.15, 0.2) is 0 Å². The molecule has 0 aliphatic carbocycles. The van der Waals surface area contributed by atoms with Crippen LogP contribution in [-0.2, 0) is 25.7 Å². The molecule has 0 aromatic heterocycles. The maximum absolute atomic E-state index is 10.5. The second-order valence-electron chi connectivity index (χ2n) is 7.28. The molecule has 3 nitrogen and oxygen atoms in total. The van der Waals surface area contributed by atoms with Crippen molar-refractivity contribution in [2.24, 2.45) is 0 Å². The van der Waals surface area contributed by atoms with E-state index >= 15 is 0 Å². The second-order valence-corrected chi connectivity index (χ2v) is 7.28. The van der Waals surface area contributed by atoms with Crippen molar-refractivity contribution in [3.63, 3.8) is 0 Å². The number of benzene rings is 2. The van der Waals surface area contributed by atoms with E-state index in [0.717, 1.165) is 85.1 Å². The molecule has 0 radical (unpaired) electrons. The lowest BCUT2D eigenvalue weighted by Gasteiger charge is -2.16. The largest absolute Gasteiger partial charge is 0.507 e. The Hall–Kier alpha value is -2.16. The van der Waals surface area contributed by atoms with Gasteiger partial charge in [-0.05, 0) is 72.2 Å². The van der Waals surface area contributed by atoms with E-state index in [9.17, 15) is 10.2 Å². The molecule has 0 unspecified atom stereocenters.